The minimum absolute atomic E-state index is 0.0954. The first-order chi connectivity index (χ1) is 14.7. The summed E-state index contributed by atoms with van der Waals surface area (Å²) in [7, 11) is -1.78. The Hall–Kier alpha value is -2.50. The topological polar surface area (TPSA) is 97.5 Å². The van der Waals surface area contributed by atoms with Crippen LogP contribution in [0, 0.1) is 13.8 Å². The number of nitrogens with zero attached hydrogens (tertiary/aromatic N) is 5. The highest BCUT2D eigenvalue weighted by Crippen LogP contribution is 2.25. The van der Waals surface area contributed by atoms with Gasteiger partial charge in [-0.25, -0.2) is 13.4 Å². The van der Waals surface area contributed by atoms with Crippen molar-refractivity contribution in [3.05, 3.63) is 45.6 Å². The van der Waals surface area contributed by atoms with E-state index in [0.29, 0.717) is 18.5 Å². The van der Waals surface area contributed by atoms with Gasteiger partial charge in [-0.2, -0.15) is 4.31 Å². The van der Waals surface area contributed by atoms with Crippen LogP contribution in [-0.2, 0) is 28.4 Å². The largest absolute Gasteiger partial charge is 0.356 e. The number of hydrogen-bond acceptors (Lipinski definition) is 6. The second kappa shape index (κ2) is 8.21. The summed E-state index contributed by atoms with van der Waals surface area (Å²) >= 11 is 1.50. The van der Waals surface area contributed by atoms with Crippen molar-refractivity contribution in [1.82, 2.24) is 23.3 Å². The average molecular weight is 464 g/mol. The lowest BCUT2D eigenvalue weighted by atomic mass is 10.2. The van der Waals surface area contributed by atoms with E-state index in [1.807, 2.05) is 13.8 Å². The van der Waals surface area contributed by atoms with Crippen LogP contribution in [0.5, 0.6) is 0 Å². The van der Waals surface area contributed by atoms with Crippen LogP contribution in [0.15, 0.2) is 34.5 Å². The molecule has 1 amide bonds. The summed E-state index contributed by atoms with van der Waals surface area (Å²) < 4.78 is 30.0. The van der Waals surface area contributed by atoms with Crippen molar-refractivity contribution in [2.24, 2.45) is 7.05 Å². The predicted octanol–water partition coefficient (Wildman–Crippen LogP) is 1.34. The monoisotopic (exact) mass is 463 g/mol. The fraction of sp³-hybridized carbons (Fsp3) is 0.450. The van der Waals surface area contributed by atoms with Gasteiger partial charge in [0.15, 0.2) is 0 Å². The molecular weight excluding hydrogens is 438 g/mol. The van der Waals surface area contributed by atoms with Crippen molar-refractivity contribution in [2.75, 3.05) is 26.2 Å². The van der Waals surface area contributed by atoms with E-state index in [9.17, 15) is 18.0 Å². The summed E-state index contributed by atoms with van der Waals surface area (Å²) in [4.78, 5) is 33.5. The van der Waals surface area contributed by atoms with Crippen LogP contribution in [-0.4, -0.2) is 63.8 Å². The summed E-state index contributed by atoms with van der Waals surface area (Å²) in [5, 5.41) is 0.622. The third-order valence-electron chi connectivity index (χ3n) is 5.76. The molecule has 1 aliphatic rings. The van der Waals surface area contributed by atoms with Gasteiger partial charge in [0.2, 0.25) is 15.9 Å². The molecule has 0 atom stereocenters. The van der Waals surface area contributed by atoms with Crippen LogP contribution in [0.2, 0.25) is 0 Å². The summed E-state index contributed by atoms with van der Waals surface area (Å²) in [6.45, 7) is 5.30. The standard InChI is InChI=1S/C20H25N5O4S2/c1-14-15(2)30-19-18(14)20(27)24(13-21-19)7-5-17(26)23-8-10-25(11-9-23)31(28,29)16-4-6-22(3)12-16/h4,6,12-13H,5,7-11H2,1-3H3. The number of sulfonamides is 1. The third-order valence-corrected chi connectivity index (χ3v) is 8.75. The number of carbonyl (C=O) groups is 1. The Kier molecular flexibility index (Phi) is 5.75. The van der Waals surface area contributed by atoms with Gasteiger partial charge in [-0.3, -0.25) is 14.2 Å². The summed E-state index contributed by atoms with van der Waals surface area (Å²) in [5.41, 5.74) is 0.812. The van der Waals surface area contributed by atoms with E-state index in [4.69, 9.17) is 0 Å². The van der Waals surface area contributed by atoms with Gasteiger partial charge < -0.3 is 9.47 Å². The number of piperazine rings is 1. The summed E-state index contributed by atoms with van der Waals surface area (Å²) in [5.74, 6) is -0.0954. The molecule has 1 saturated heterocycles. The van der Waals surface area contributed by atoms with Gasteiger partial charge in [0.1, 0.15) is 4.83 Å². The molecule has 0 aliphatic carbocycles. The Balaban J connectivity index is 1.38. The highest BCUT2D eigenvalue weighted by Gasteiger charge is 2.30. The molecule has 0 saturated carbocycles. The van der Waals surface area contributed by atoms with Gasteiger partial charge >= 0.3 is 0 Å². The number of hydrogen-bond donors (Lipinski definition) is 0. The zero-order chi connectivity index (χ0) is 22.3. The molecular formula is C20H25N5O4S2. The van der Waals surface area contributed by atoms with Crippen LogP contribution >= 0.6 is 11.3 Å². The van der Waals surface area contributed by atoms with E-state index in [0.717, 1.165) is 15.3 Å². The second-order valence-corrected chi connectivity index (χ2v) is 10.9. The van der Waals surface area contributed by atoms with Gasteiger partial charge in [-0.1, -0.05) is 0 Å². The molecule has 4 heterocycles. The molecule has 11 heteroatoms. The molecule has 9 nitrogen and oxygen atoms in total. The lowest BCUT2D eigenvalue weighted by Gasteiger charge is -2.33. The first-order valence-corrected chi connectivity index (χ1v) is 12.3. The molecule has 0 bridgehead atoms. The van der Waals surface area contributed by atoms with Crippen LogP contribution in [0.25, 0.3) is 10.2 Å². The van der Waals surface area contributed by atoms with Crippen molar-refractivity contribution in [2.45, 2.75) is 31.7 Å². The normalized spacial score (nSPS) is 15.6. The van der Waals surface area contributed by atoms with Crippen LogP contribution < -0.4 is 5.56 Å². The lowest BCUT2D eigenvalue weighted by Crippen LogP contribution is -2.50. The number of rotatable bonds is 5. The molecule has 3 aromatic rings. The smallest absolute Gasteiger partial charge is 0.262 e. The fourth-order valence-electron chi connectivity index (χ4n) is 3.76. The quantitative estimate of drug-likeness (QED) is 0.569. The molecule has 1 fully saturated rings. The second-order valence-electron chi connectivity index (χ2n) is 7.75. The van der Waals surface area contributed by atoms with Crippen LogP contribution in [0.4, 0.5) is 0 Å². The Morgan fingerprint density at radius 3 is 2.55 bits per heavy atom. The van der Waals surface area contributed by atoms with Gasteiger partial charge in [-0.05, 0) is 25.5 Å². The maximum absolute atomic E-state index is 12.8. The molecule has 0 N–H and O–H groups in total. The molecule has 3 aromatic heterocycles. The van der Waals surface area contributed by atoms with Gasteiger partial charge in [0, 0.05) is 63.5 Å². The number of carbonyl (C=O) groups excluding carboxylic acids is 1. The predicted molar refractivity (Wildman–Crippen MR) is 119 cm³/mol. The minimum Gasteiger partial charge on any atom is -0.356 e. The zero-order valence-corrected chi connectivity index (χ0v) is 19.4. The summed E-state index contributed by atoms with van der Waals surface area (Å²) in [6, 6.07) is 1.58. The zero-order valence-electron chi connectivity index (χ0n) is 17.7. The minimum atomic E-state index is -3.55. The summed E-state index contributed by atoms with van der Waals surface area (Å²) in [6.07, 6.45) is 4.93. The SMILES string of the molecule is Cc1sc2ncn(CCC(=O)N3CCN(S(=O)(=O)c4ccn(C)c4)CC3)c(=O)c2c1C. The molecule has 31 heavy (non-hydrogen) atoms. The maximum atomic E-state index is 12.8. The number of aryl methyl sites for hydroxylation is 4. The Morgan fingerprint density at radius 1 is 1.19 bits per heavy atom. The van der Waals surface area contributed by atoms with Crippen LogP contribution in [0.1, 0.15) is 16.9 Å². The molecule has 0 radical (unpaired) electrons. The Labute approximate surface area is 184 Å². The fourth-order valence-corrected chi connectivity index (χ4v) is 6.22. The molecule has 166 valence electrons. The van der Waals surface area contributed by atoms with E-state index in [2.05, 4.69) is 4.98 Å². The third kappa shape index (κ3) is 4.04. The lowest BCUT2D eigenvalue weighted by molar-refractivity contribution is -0.132. The number of amides is 1. The first kappa shape index (κ1) is 21.7. The maximum Gasteiger partial charge on any atom is 0.262 e. The Morgan fingerprint density at radius 2 is 1.90 bits per heavy atom. The Bertz CT molecular complexity index is 1300. The van der Waals surface area contributed by atoms with Crippen molar-refractivity contribution >= 4 is 37.5 Å². The number of thiophene rings is 1. The molecule has 1 aliphatic heterocycles. The average Bonchev–Trinajstić information content (AvgIpc) is 3.31. The first-order valence-electron chi connectivity index (χ1n) is 10.0. The van der Waals surface area contributed by atoms with Crippen molar-refractivity contribution in [3.8, 4) is 0 Å². The van der Waals surface area contributed by atoms with E-state index in [-0.39, 0.29) is 42.4 Å². The van der Waals surface area contributed by atoms with Crippen molar-refractivity contribution in [1.29, 1.82) is 0 Å². The van der Waals surface area contributed by atoms with Crippen molar-refractivity contribution in [3.63, 3.8) is 0 Å². The van der Waals surface area contributed by atoms with E-state index in [1.165, 1.54) is 26.5 Å². The highest BCUT2D eigenvalue weighted by molar-refractivity contribution is 7.89. The van der Waals surface area contributed by atoms with Gasteiger partial charge in [0.25, 0.3) is 5.56 Å². The van der Waals surface area contributed by atoms with E-state index >= 15 is 0 Å². The van der Waals surface area contributed by atoms with E-state index < -0.39 is 10.0 Å². The molecule has 0 spiro atoms. The molecule has 0 aromatic carbocycles. The van der Waals surface area contributed by atoms with Crippen LogP contribution in [0.3, 0.4) is 0 Å². The van der Waals surface area contributed by atoms with Crippen molar-refractivity contribution < 1.29 is 13.2 Å². The number of aromatic nitrogens is 3. The number of fused-ring (bicyclic) bond motifs is 1. The van der Waals surface area contributed by atoms with Gasteiger partial charge in [-0.15, -0.1) is 11.3 Å². The van der Waals surface area contributed by atoms with E-state index in [1.54, 1.807) is 35.0 Å². The highest BCUT2D eigenvalue weighted by atomic mass is 32.2. The molecule has 4 rings (SSSR count). The van der Waals surface area contributed by atoms with Gasteiger partial charge in [0.05, 0.1) is 16.6 Å². The molecule has 0 unspecified atom stereocenters.